The number of piperidine rings is 1. The first-order chi connectivity index (χ1) is 13.3. The molecule has 2 heterocycles. The van der Waals surface area contributed by atoms with Crippen LogP contribution in [0, 0.1) is 33.8 Å². The van der Waals surface area contributed by atoms with Gasteiger partial charge >= 0.3 is 0 Å². The number of amides is 1. The first kappa shape index (κ1) is 21.8. The smallest absolute Gasteiger partial charge is 0.293 e. The molecule has 7 nitrogen and oxygen atoms in total. The van der Waals surface area contributed by atoms with Gasteiger partial charge in [0, 0.05) is 43.9 Å². The highest BCUT2D eigenvalue weighted by Crippen LogP contribution is 2.38. The molecule has 1 aliphatic carbocycles. The van der Waals surface area contributed by atoms with Gasteiger partial charge in [0.1, 0.15) is 5.69 Å². The Kier molecular flexibility index (Phi) is 6.39. The molecule has 29 heavy (non-hydrogen) atoms. The molecule has 0 aromatic heterocycles. The Morgan fingerprint density at radius 2 is 1.83 bits per heavy atom. The maximum Gasteiger partial charge on any atom is 0.293 e. The number of hydrogen-bond acceptors (Lipinski definition) is 5. The van der Waals surface area contributed by atoms with Crippen molar-refractivity contribution in [2.45, 2.75) is 39.2 Å². The number of anilines is 1. The topological polar surface area (TPSA) is 92.7 Å². The molecule has 8 heteroatoms. The zero-order chi connectivity index (χ0) is 20.0. The van der Waals surface area contributed by atoms with Crippen molar-refractivity contribution in [1.29, 1.82) is 0 Å². The summed E-state index contributed by atoms with van der Waals surface area (Å²) in [5, 5.41) is 11.8. The number of benzene rings is 1. The van der Waals surface area contributed by atoms with E-state index in [1.165, 1.54) is 6.07 Å². The summed E-state index contributed by atoms with van der Waals surface area (Å²) in [5.41, 5.74) is 7.24. The van der Waals surface area contributed by atoms with Gasteiger partial charge in [-0.2, -0.15) is 0 Å². The first-order valence-electron chi connectivity index (χ1n) is 10.4. The molecule has 2 N–H and O–H groups in total. The maximum atomic E-state index is 13.0. The van der Waals surface area contributed by atoms with Gasteiger partial charge in [0.25, 0.3) is 11.6 Å². The van der Waals surface area contributed by atoms with E-state index in [1.807, 2.05) is 4.90 Å². The van der Waals surface area contributed by atoms with Crippen LogP contribution in [0.3, 0.4) is 0 Å². The molecule has 0 bridgehead atoms. The van der Waals surface area contributed by atoms with Crippen molar-refractivity contribution in [1.82, 2.24) is 4.90 Å². The minimum absolute atomic E-state index is 0. The lowest BCUT2D eigenvalue weighted by Crippen LogP contribution is -2.39. The van der Waals surface area contributed by atoms with Crippen LogP contribution in [0.15, 0.2) is 18.2 Å². The number of fused-ring (bicyclic) bond motifs is 1. The summed E-state index contributed by atoms with van der Waals surface area (Å²) in [5.74, 6) is 1.73. The van der Waals surface area contributed by atoms with Crippen molar-refractivity contribution in [2.24, 2.45) is 29.4 Å². The fourth-order valence-corrected chi connectivity index (χ4v) is 5.59. The number of carbonyl (C=O) groups is 1. The number of nitro groups is 1. The Bertz CT molecular complexity index is 779. The molecule has 1 aromatic carbocycles. The van der Waals surface area contributed by atoms with Crippen LogP contribution in [-0.4, -0.2) is 48.0 Å². The van der Waals surface area contributed by atoms with Gasteiger partial charge in [0.15, 0.2) is 0 Å². The number of carbonyl (C=O) groups excluding carboxylic acids is 1. The second kappa shape index (κ2) is 8.48. The molecule has 4 rings (SSSR count). The summed E-state index contributed by atoms with van der Waals surface area (Å²) in [6.45, 7) is 7.37. The van der Waals surface area contributed by atoms with Crippen molar-refractivity contribution < 1.29 is 9.72 Å². The van der Waals surface area contributed by atoms with Gasteiger partial charge in [0.05, 0.1) is 4.92 Å². The predicted octanol–water partition coefficient (Wildman–Crippen LogP) is 3.31. The van der Waals surface area contributed by atoms with Crippen LogP contribution in [-0.2, 0) is 0 Å². The fourth-order valence-electron chi connectivity index (χ4n) is 5.59. The Morgan fingerprint density at radius 3 is 2.45 bits per heavy atom. The standard InChI is InChI=1S/C21H30N4O3.ClH/c1-13-7-14(2)10-23(9-13)19-6-4-15(8-20(19)25(27)28)21(26)24-11-16-3-5-18(22)17(16)12-24;/h4,6,8,13-14,16-18H,3,5,7,9-12,22H2,1-2H3;1H. The largest absolute Gasteiger partial charge is 0.365 e. The van der Waals surface area contributed by atoms with E-state index in [0.29, 0.717) is 48.0 Å². The molecular weight excluding hydrogens is 392 g/mol. The molecule has 5 unspecified atom stereocenters. The number of halogens is 1. The van der Waals surface area contributed by atoms with Crippen molar-refractivity contribution in [2.75, 3.05) is 31.1 Å². The van der Waals surface area contributed by atoms with Crippen molar-refractivity contribution in [3.8, 4) is 0 Å². The molecule has 1 saturated carbocycles. The van der Waals surface area contributed by atoms with Crippen molar-refractivity contribution >= 4 is 29.7 Å². The summed E-state index contributed by atoms with van der Waals surface area (Å²) in [4.78, 5) is 28.3. The third-order valence-electron chi connectivity index (χ3n) is 6.83. The second-order valence-electron chi connectivity index (χ2n) is 9.19. The molecule has 3 fully saturated rings. The third kappa shape index (κ3) is 4.21. The summed E-state index contributed by atoms with van der Waals surface area (Å²) in [6, 6.07) is 5.15. The Labute approximate surface area is 178 Å². The van der Waals surface area contributed by atoms with E-state index in [0.717, 1.165) is 32.4 Å². The van der Waals surface area contributed by atoms with E-state index >= 15 is 0 Å². The zero-order valence-corrected chi connectivity index (χ0v) is 17.9. The van der Waals surface area contributed by atoms with E-state index in [4.69, 9.17) is 5.73 Å². The SMILES string of the molecule is CC1CC(C)CN(c2ccc(C(=O)N3CC4CCC(N)C4C3)cc2[N+](=O)[O-])C1.Cl. The molecule has 3 aliphatic rings. The van der Waals surface area contributed by atoms with E-state index in [-0.39, 0.29) is 35.0 Å². The van der Waals surface area contributed by atoms with Crippen molar-refractivity contribution in [3.63, 3.8) is 0 Å². The number of hydrogen-bond donors (Lipinski definition) is 1. The number of nitrogens with zero attached hydrogens (tertiary/aromatic N) is 3. The third-order valence-corrected chi connectivity index (χ3v) is 6.83. The van der Waals surface area contributed by atoms with Crippen LogP contribution >= 0.6 is 12.4 Å². The summed E-state index contributed by atoms with van der Waals surface area (Å²) in [6.07, 6.45) is 3.24. The van der Waals surface area contributed by atoms with Gasteiger partial charge < -0.3 is 15.5 Å². The van der Waals surface area contributed by atoms with E-state index < -0.39 is 0 Å². The van der Waals surface area contributed by atoms with E-state index in [1.54, 1.807) is 12.1 Å². The van der Waals surface area contributed by atoms with E-state index in [9.17, 15) is 14.9 Å². The molecule has 1 aromatic rings. The molecular formula is C21H31ClN4O3. The quantitative estimate of drug-likeness (QED) is 0.595. The number of likely N-dealkylation sites (tertiary alicyclic amines) is 1. The number of rotatable bonds is 3. The average Bonchev–Trinajstić information content (AvgIpc) is 3.22. The maximum absolute atomic E-state index is 13.0. The first-order valence-corrected chi connectivity index (χ1v) is 10.4. The Hall–Kier alpha value is -1.86. The van der Waals surface area contributed by atoms with Gasteiger partial charge in [0.2, 0.25) is 0 Å². The summed E-state index contributed by atoms with van der Waals surface area (Å²) < 4.78 is 0. The van der Waals surface area contributed by atoms with Gasteiger partial charge in [-0.25, -0.2) is 0 Å². The lowest BCUT2D eigenvalue weighted by molar-refractivity contribution is -0.384. The van der Waals surface area contributed by atoms with Gasteiger partial charge in [-0.1, -0.05) is 13.8 Å². The Balaban J connectivity index is 0.00000240. The van der Waals surface area contributed by atoms with Crippen LogP contribution in [0.5, 0.6) is 0 Å². The minimum Gasteiger partial charge on any atom is -0.365 e. The highest BCUT2D eigenvalue weighted by Gasteiger charge is 2.42. The van der Waals surface area contributed by atoms with Gasteiger partial charge in [-0.15, -0.1) is 12.4 Å². The van der Waals surface area contributed by atoms with Gasteiger partial charge in [-0.3, -0.25) is 14.9 Å². The number of nitrogens with two attached hydrogens (primary N) is 1. The van der Waals surface area contributed by atoms with E-state index in [2.05, 4.69) is 18.7 Å². The molecule has 0 spiro atoms. The molecule has 1 amide bonds. The van der Waals surface area contributed by atoms with Crippen LogP contribution < -0.4 is 10.6 Å². The highest BCUT2D eigenvalue weighted by molar-refractivity contribution is 5.96. The molecule has 0 radical (unpaired) electrons. The molecule has 5 atom stereocenters. The zero-order valence-electron chi connectivity index (χ0n) is 17.1. The highest BCUT2D eigenvalue weighted by atomic mass is 35.5. The lowest BCUT2D eigenvalue weighted by atomic mass is 9.91. The number of nitro benzene ring substituents is 1. The van der Waals surface area contributed by atoms with Crippen LogP contribution in [0.2, 0.25) is 0 Å². The molecule has 2 saturated heterocycles. The monoisotopic (exact) mass is 422 g/mol. The fraction of sp³-hybridized carbons (Fsp3) is 0.667. The van der Waals surface area contributed by atoms with Crippen molar-refractivity contribution in [3.05, 3.63) is 33.9 Å². The van der Waals surface area contributed by atoms with Crippen LogP contribution in [0.4, 0.5) is 11.4 Å². The minimum atomic E-state index is -0.356. The lowest BCUT2D eigenvalue weighted by Gasteiger charge is -2.36. The Morgan fingerprint density at radius 1 is 1.14 bits per heavy atom. The average molecular weight is 423 g/mol. The predicted molar refractivity (Wildman–Crippen MR) is 116 cm³/mol. The summed E-state index contributed by atoms with van der Waals surface area (Å²) >= 11 is 0. The van der Waals surface area contributed by atoms with Gasteiger partial charge in [-0.05, 0) is 55.1 Å². The molecule has 160 valence electrons. The van der Waals surface area contributed by atoms with Crippen LogP contribution in [0.1, 0.15) is 43.5 Å². The van der Waals surface area contributed by atoms with Crippen LogP contribution in [0.25, 0.3) is 0 Å². The summed E-state index contributed by atoms with van der Waals surface area (Å²) in [7, 11) is 0. The molecule has 2 aliphatic heterocycles. The normalized spacial score (nSPS) is 31.3. The second-order valence-corrected chi connectivity index (χ2v) is 9.19.